The average molecular weight is 331 g/mol. The van der Waals surface area contributed by atoms with Gasteiger partial charge in [0.05, 0.1) is 26.3 Å². The maximum absolute atomic E-state index is 13.9. The summed E-state index contributed by atoms with van der Waals surface area (Å²) in [6.07, 6.45) is 5.07. The molecule has 2 heterocycles. The number of hydrogen-bond donors (Lipinski definition) is 0. The lowest BCUT2D eigenvalue weighted by Gasteiger charge is -2.15. The molecule has 1 saturated heterocycles. The summed E-state index contributed by atoms with van der Waals surface area (Å²) < 4.78 is 20.3. The molecule has 24 heavy (non-hydrogen) atoms. The van der Waals surface area contributed by atoms with Crippen molar-refractivity contribution in [3.05, 3.63) is 53.6 Å². The van der Waals surface area contributed by atoms with Crippen LogP contribution in [-0.4, -0.2) is 40.8 Å². The van der Waals surface area contributed by atoms with Gasteiger partial charge >= 0.3 is 5.97 Å². The molecular weight excluding hydrogens is 309 g/mol. The van der Waals surface area contributed by atoms with Gasteiger partial charge in [0.15, 0.2) is 0 Å². The molecule has 3 rings (SSSR count). The maximum Gasteiger partial charge on any atom is 0.307 e. The molecule has 1 aromatic heterocycles. The molecule has 0 radical (unpaired) electrons. The van der Waals surface area contributed by atoms with E-state index in [1.54, 1.807) is 10.7 Å². The van der Waals surface area contributed by atoms with Gasteiger partial charge in [0, 0.05) is 30.8 Å². The highest BCUT2D eigenvalue weighted by atomic mass is 19.1. The fourth-order valence-corrected chi connectivity index (χ4v) is 3.21. The highest BCUT2D eigenvalue weighted by molar-refractivity contribution is 5.68. The Bertz CT molecular complexity index is 701. The predicted molar refractivity (Wildman–Crippen MR) is 87.9 cm³/mol. The molecular formula is C18H22FN3O2. The maximum atomic E-state index is 13.9. The lowest BCUT2D eigenvalue weighted by Crippen LogP contribution is -2.19. The number of halogens is 1. The van der Waals surface area contributed by atoms with Crippen molar-refractivity contribution in [2.24, 2.45) is 0 Å². The zero-order chi connectivity index (χ0) is 16.9. The molecule has 0 bridgehead atoms. The monoisotopic (exact) mass is 331 g/mol. The van der Waals surface area contributed by atoms with Crippen molar-refractivity contribution in [3.8, 4) is 0 Å². The molecule has 0 spiro atoms. The Morgan fingerprint density at radius 3 is 3.04 bits per heavy atom. The van der Waals surface area contributed by atoms with Crippen molar-refractivity contribution >= 4 is 5.97 Å². The zero-order valence-electron chi connectivity index (χ0n) is 13.8. The molecule has 6 heteroatoms. The van der Waals surface area contributed by atoms with E-state index < -0.39 is 0 Å². The lowest BCUT2D eigenvalue weighted by molar-refractivity contribution is -0.140. The van der Waals surface area contributed by atoms with Gasteiger partial charge in [0.1, 0.15) is 5.82 Å². The molecule has 1 aromatic carbocycles. The Kier molecular flexibility index (Phi) is 5.25. The van der Waals surface area contributed by atoms with Crippen LogP contribution in [0.25, 0.3) is 0 Å². The highest BCUT2D eigenvalue weighted by Gasteiger charge is 2.25. The van der Waals surface area contributed by atoms with E-state index in [2.05, 4.69) is 14.7 Å². The number of aromatic nitrogens is 2. The number of hydrogen-bond acceptors (Lipinski definition) is 4. The summed E-state index contributed by atoms with van der Waals surface area (Å²) in [6, 6.07) is 7.04. The second-order valence-electron chi connectivity index (χ2n) is 6.18. The zero-order valence-corrected chi connectivity index (χ0v) is 13.8. The smallest absolute Gasteiger partial charge is 0.307 e. The van der Waals surface area contributed by atoms with Gasteiger partial charge in [-0.3, -0.25) is 14.4 Å². The number of benzene rings is 1. The van der Waals surface area contributed by atoms with Crippen molar-refractivity contribution in [2.75, 3.05) is 20.2 Å². The van der Waals surface area contributed by atoms with Crippen LogP contribution in [0.2, 0.25) is 0 Å². The van der Waals surface area contributed by atoms with E-state index in [4.69, 9.17) is 0 Å². The molecule has 0 N–H and O–H groups in total. The van der Waals surface area contributed by atoms with Gasteiger partial charge in [-0.2, -0.15) is 5.10 Å². The fourth-order valence-electron chi connectivity index (χ4n) is 3.21. The van der Waals surface area contributed by atoms with Crippen LogP contribution in [-0.2, 0) is 22.6 Å². The van der Waals surface area contributed by atoms with Gasteiger partial charge in [0.25, 0.3) is 0 Å². The molecule has 1 fully saturated rings. The van der Waals surface area contributed by atoms with Crippen LogP contribution < -0.4 is 0 Å². The Balaban J connectivity index is 1.53. The summed E-state index contributed by atoms with van der Waals surface area (Å²) in [5, 5.41) is 4.28. The van der Waals surface area contributed by atoms with Crippen LogP contribution in [0.15, 0.2) is 36.7 Å². The van der Waals surface area contributed by atoms with Gasteiger partial charge < -0.3 is 4.74 Å². The third kappa shape index (κ3) is 4.00. The fraction of sp³-hybridized carbons (Fsp3) is 0.444. The van der Waals surface area contributed by atoms with E-state index in [9.17, 15) is 9.18 Å². The first-order valence-corrected chi connectivity index (χ1v) is 8.20. The molecule has 1 unspecified atom stereocenters. The average Bonchev–Trinajstić information content (AvgIpc) is 3.23. The van der Waals surface area contributed by atoms with Crippen LogP contribution >= 0.6 is 0 Å². The van der Waals surface area contributed by atoms with Crippen LogP contribution in [0.1, 0.15) is 29.9 Å². The van der Waals surface area contributed by atoms with Gasteiger partial charge in [-0.1, -0.05) is 18.2 Å². The molecule has 2 aromatic rings. The van der Waals surface area contributed by atoms with Crippen LogP contribution in [0.3, 0.4) is 0 Å². The van der Waals surface area contributed by atoms with Crippen molar-refractivity contribution in [1.82, 2.24) is 14.7 Å². The Hall–Kier alpha value is -2.21. The number of ether oxygens (including phenoxy) is 1. The van der Waals surface area contributed by atoms with E-state index in [1.807, 2.05) is 24.5 Å². The molecule has 1 aliphatic heterocycles. The Labute approximate surface area is 141 Å². The van der Waals surface area contributed by atoms with E-state index in [1.165, 1.54) is 13.2 Å². The van der Waals surface area contributed by atoms with Gasteiger partial charge in [0.2, 0.25) is 0 Å². The van der Waals surface area contributed by atoms with Gasteiger partial charge in [-0.25, -0.2) is 4.39 Å². The summed E-state index contributed by atoms with van der Waals surface area (Å²) in [7, 11) is 1.39. The van der Waals surface area contributed by atoms with E-state index in [0.717, 1.165) is 37.2 Å². The van der Waals surface area contributed by atoms with Gasteiger partial charge in [-0.15, -0.1) is 0 Å². The number of carbonyl (C=O) groups is 1. The van der Waals surface area contributed by atoms with Crippen molar-refractivity contribution in [3.63, 3.8) is 0 Å². The first-order chi connectivity index (χ1) is 11.7. The number of likely N-dealkylation sites (tertiary alicyclic amines) is 1. The van der Waals surface area contributed by atoms with Crippen molar-refractivity contribution in [1.29, 1.82) is 0 Å². The summed E-state index contributed by atoms with van der Waals surface area (Å²) in [6.45, 7) is 3.12. The Morgan fingerprint density at radius 1 is 1.42 bits per heavy atom. The second-order valence-corrected chi connectivity index (χ2v) is 6.18. The van der Waals surface area contributed by atoms with Gasteiger partial charge in [-0.05, 0) is 24.6 Å². The molecule has 0 amide bonds. The predicted octanol–water partition coefficient (Wildman–Crippen LogP) is 2.57. The van der Waals surface area contributed by atoms with Crippen LogP contribution in [0.4, 0.5) is 4.39 Å². The largest absolute Gasteiger partial charge is 0.469 e. The minimum absolute atomic E-state index is 0.111. The highest BCUT2D eigenvalue weighted by Crippen LogP contribution is 2.29. The SMILES string of the molecule is COC(=O)CCn1cc(CN2CCC(c3ccccc3F)C2)cn1. The summed E-state index contributed by atoms with van der Waals surface area (Å²) >= 11 is 0. The Morgan fingerprint density at radius 2 is 2.25 bits per heavy atom. The molecule has 1 aliphatic rings. The van der Waals surface area contributed by atoms with Crippen LogP contribution in [0, 0.1) is 5.82 Å². The van der Waals surface area contributed by atoms with Crippen molar-refractivity contribution < 1.29 is 13.9 Å². The minimum atomic E-state index is -0.237. The van der Waals surface area contributed by atoms with E-state index in [-0.39, 0.29) is 17.7 Å². The molecule has 0 saturated carbocycles. The summed E-state index contributed by atoms with van der Waals surface area (Å²) in [4.78, 5) is 13.5. The second kappa shape index (κ2) is 7.57. The number of esters is 1. The third-order valence-electron chi connectivity index (χ3n) is 4.48. The lowest BCUT2D eigenvalue weighted by atomic mass is 9.98. The van der Waals surface area contributed by atoms with Crippen LogP contribution in [0.5, 0.6) is 0 Å². The number of carbonyl (C=O) groups excluding carboxylic acids is 1. The number of rotatable bonds is 6. The quantitative estimate of drug-likeness (QED) is 0.763. The normalized spacial score (nSPS) is 18.0. The molecule has 1 atom stereocenters. The van der Waals surface area contributed by atoms with Crippen molar-refractivity contribution in [2.45, 2.75) is 31.8 Å². The summed E-state index contributed by atoms with van der Waals surface area (Å²) in [5.41, 5.74) is 1.92. The summed E-state index contributed by atoms with van der Waals surface area (Å²) in [5.74, 6) is -0.0973. The molecule has 0 aliphatic carbocycles. The minimum Gasteiger partial charge on any atom is -0.469 e. The van der Waals surface area contributed by atoms with E-state index in [0.29, 0.717) is 13.0 Å². The first-order valence-electron chi connectivity index (χ1n) is 8.20. The number of nitrogens with zero attached hydrogens (tertiary/aromatic N) is 3. The molecule has 5 nitrogen and oxygen atoms in total. The number of methoxy groups -OCH3 is 1. The third-order valence-corrected chi connectivity index (χ3v) is 4.48. The first kappa shape index (κ1) is 16.6. The standard InChI is InChI=1S/C18H22FN3O2/c1-24-18(23)7-9-22-12-14(10-20-22)11-21-8-6-15(13-21)16-4-2-3-5-17(16)19/h2-5,10,12,15H,6-9,11,13H2,1H3. The topological polar surface area (TPSA) is 47.4 Å². The van der Waals surface area contributed by atoms with E-state index >= 15 is 0 Å². The number of aryl methyl sites for hydroxylation is 1. The molecule has 128 valence electrons.